The van der Waals surface area contributed by atoms with Gasteiger partial charge in [0.15, 0.2) is 0 Å². The van der Waals surface area contributed by atoms with Crippen LogP contribution in [0.4, 0.5) is 5.82 Å². The van der Waals surface area contributed by atoms with Crippen LogP contribution in [0.25, 0.3) is 0 Å². The van der Waals surface area contributed by atoms with Gasteiger partial charge in [0.2, 0.25) is 0 Å². The number of hydrogen-bond donors (Lipinski definition) is 1. The molecule has 0 radical (unpaired) electrons. The van der Waals surface area contributed by atoms with Crippen LogP contribution in [-0.4, -0.2) is 32.3 Å². The molecule has 4 nitrogen and oxygen atoms in total. The number of methoxy groups -OCH3 is 1. The SMILES string of the molecule is COCCCN(C)c1ncc(CN)cc1Cl. The monoisotopic (exact) mass is 243 g/mol. The lowest BCUT2D eigenvalue weighted by molar-refractivity contribution is 0.196. The lowest BCUT2D eigenvalue weighted by Crippen LogP contribution is -2.21. The van der Waals surface area contributed by atoms with Crippen molar-refractivity contribution < 1.29 is 4.74 Å². The minimum Gasteiger partial charge on any atom is -0.385 e. The molecule has 1 heterocycles. The number of nitrogens with zero attached hydrogens (tertiary/aromatic N) is 2. The summed E-state index contributed by atoms with van der Waals surface area (Å²) in [6, 6.07) is 1.86. The average molecular weight is 244 g/mol. The highest BCUT2D eigenvalue weighted by Crippen LogP contribution is 2.22. The largest absolute Gasteiger partial charge is 0.385 e. The molecule has 0 amide bonds. The fourth-order valence-corrected chi connectivity index (χ4v) is 1.75. The first kappa shape index (κ1) is 13.2. The molecule has 1 rings (SSSR count). The van der Waals surface area contributed by atoms with E-state index >= 15 is 0 Å². The zero-order valence-electron chi connectivity index (χ0n) is 9.74. The van der Waals surface area contributed by atoms with Gasteiger partial charge in [-0.2, -0.15) is 0 Å². The van der Waals surface area contributed by atoms with Crippen molar-refractivity contribution in [1.29, 1.82) is 0 Å². The maximum Gasteiger partial charge on any atom is 0.147 e. The summed E-state index contributed by atoms with van der Waals surface area (Å²) >= 11 is 6.12. The van der Waals surface area contributed by atoms with Crippen LogP contribution in [-0.2, 0) is 11.3 Å². The van der Waals surface area contributed by atoms with Crippen molar-refractivity contribution in [3.63, 3.8) is 0 Å². The zero-order valence-corrected chi connectivity index (χ0v) is 10.5. The van der Waals surface area contributed by atoms with Crippen LogP contribution in [0.2, 0.25) is 5.02 Å². The first-order chi connectivity index (χ1) is 7.69. The minimum atomic E-state index is 0.459. The van der Waals surface area contributed by atoms with Crippen LogP contribution in [0.15, 0.2) is 12.3 Å². The highest BCUT2D eigenvalue weighted by Gasteiger charge is 2.07. The van der Waals surface area contributed by atoms with Crippen molar-refractivity contribution in [1.82, 2.24) is 4.98 Å². The van der Waals surface area contributed by atoms with Gasteiger partial charge in [-0.05, 0) is 18.1 Å². The van der Waals surface area contributed by atoms with Crippen LogP contribution in [0.5, 0.6) is 0 Å². The van der Waals surface area contributed by atoms with E-state index in [1.165, 1.54) is 0 Å². The van der Waals surface area contributed by atoms with Crippen molar-refractivity contribution in [3.8, 4) is 0 Å². The van der Waals surface area contributed by atoms with Crippen LogP contribution in [0.1, 0.15) is 12.0 Å². The van der Waals surface area contributed by atoms with Crippen molar-refractivity contribution in [2.75, 3.05) is 32.2 Å². The molecule has 0 unspecified atom stereocenters. The lowest BCUT2D eigenvalue weighted by atomic mass is 10.3. The Hall–Kier alpha value is -0.840. The molecule has 0 spiro atoms. The summed E-state index contributed by atoms with van der Waals surface area (Å²) in [7, 11) is 3.66. The first-order valence-corrected chi connectivity index (χ1v) is 5.61. The Morgan fingerprint density at radius 2 is 2.31 bits per heavy atom. The molecule has 0 aliphatic carbocycles. The number of aromatic nitrogens is 1. The summed E-state index contributed by atoms with van der Waals surface area (Å²) in [5.74, 6) is 0.787. The Morgan fingerprint density at radius 3 is 2.88 bits per heavy atom. The van der Waals surface area contributed by atoms with Crippen LogP contribution >= 0.6 is 11.6 Å². The van der Waals surface area contributed by atoms with Gasteiger partial charge < -0.3 is 15.4 Å². The Labute approximate surface area is 101 Å². The summed E-state index contributed by atoms with van der Waals surface area (Å²) < 4.78 is 5.00. The zero-order chi connectivity index (χ0) is 12.0. The smallest absolute Gasteiger partial charge is 0.147 e. The van der Waals surface area contributed by atoms with Gasteiger partial charge in [-0.15, -0.1) is 0 Å². The molecule has 0 saturated carbocycles. The summed E-state index contributed by atoms with van der Waals surface area (Å²) in [5.41, 5.74) is 6.46. The Bertz CT molecular complexity index is 333. The molecule has 90 valence electrons. The highest BCUT2D eigenvalue weighted by atomic mass is 35.5. The maximum absolute atomic E-state index is 6.12. The fraction of sp³-hybridized carbons (Fsp3) is 0.545. The third kappa shape index (κ3) is 3.63. The number of rotatable bonds is 6. The fourth-order valence-electron chi connectivity index (χ4n) is 1.41. The number of halogens is 1. The Kier molecular flexibility index (Phi) is 5.52. The van der Waals surface area contributed by atoms with Gasteiger partial charge in [-0.3, -0.25) is 0 Å². The van der Waals surface area contributed by atoms with Gasteiger partial charge in [0.05, 0.1) is 5.02 Å². The summed E-state index contributed by atoms with van der Waals surface area (Å²) in [4.78, 5) is 6.32. The van der Waals surface area contributed by atoms with Gasteiger partial charge in [0.25, 0.3) is 0 Å². The number of pyridine rings is 1. The van der Waals surface area contributed by atoms with E-state index in [0.717, 1.165) is 31.0 Å². The van der Waals surface area contributed by atoms with Crippen molar-refractivity contribution in [2.24, 2.45) is 5.73 Å². The minimum absolute atomic E-state index is 0.459. The molecule has 0 saturated heterocycles. The number of nitrogens with two attached hydrogens (primary N) is 1. The topological polar surface area (TPSA) is 51.4 Å². The normalized spacial score (nSPS) is 10.5. The van der Waals surface area contributed by atoms with E-state index in [4.69, 9.17) is 22.1 Å². The lowest BCUT2D eigenvalue weighted by Gasteiger charge is -2.19. The molecule has 5 heteroatoms. The van der Waals surface area contributed by atoms with Crippen molar-refractivity contribution >= 4 is 17.4 Å². The molecule has 1 aromatic heterocycles. The summed E-state index contributed by atoms with van der Waals surface area (Å²) in [6.07, 6.45) is 2.71. The van der Waals surface area contributed by atoms with Gasteiger partial charge in [0, 0.05) is 40.1 Å². The van der Waals surface area contributed by atoms with E-state index in [1.807, 2.05) is 18.0 Å². The predicted octanol–water partition coefficient (Wildman–Crippen LogP) is 1.67. The number of anilines is 1. The van der Waals surface area contributed by atoms with Gasteiger partial charge >= 0.3 is 0 Å². The molecule has 0 aliphatic heterocycles. The van der Waals surface area contributed by atoms with E-state index in [2.05, 4.69) is 4.98 Å². The second-order valence-electron chi connectivity index (χ2n) is 3.62. The van der Waals surface area contributed by atoms with Crippen LogP contribution < -0.4 is 10.6 Å². The predicted molar refractivity (Wildman–Crippen MR) is 66.9 cm³/mol. The Balaban J connectivity index is 2.64. The molecule has 0 atom stereocenters. The molecule has 2 N–H and O–H groups in total. The second kappa shape index (κ2) is 6.68. The van der Waals surface area contributed by atoms with Gasteiger partial charge in [0.1, 0.15) is 5.82 Å². The number of hydrogen-bond acceptors (Lipinski definition) is 4. The highest BCUT2D eigenvalue weighted by molar-refractivity contribution is 6.33. The molecular formula is C11H18ClN3O. The second-order valence-corrected chi connectivity index (χ2v) is 4.03. The molecule has 0 fully saturated rings. The van der Waals surface area contributed by atoms with Crippen LogP contribution in [0.3, 0.4) is 0 Å². The van der Waals surface area contributed by atoms with E-state index in [9.17, 15) is 0 Å². The Morgan fingerprint density at radius 1 is 1.56 bits per heavy atom. The summed E-state index contributed by atoms with van der Waals surface area (Å²) in [5, 5.41) is 0.642. The first-order valence-electron chi connectivity index (χ1n) is 5.23. The maximum atomic E-state index is 6.12. The van der Waals surface area contributed by atoms with E-state index in [1.54, 1.807) is 13.3 Å². The van der Waals surface area contributed by atoms with Gasteiger partial charge in [-0.1, -0.05) is 11.6 Å². The molecule has 1 aromatic rings. The molecule has 0 aliphatic rings. The van der Waals surface area contributed by atoms with Crippen LogP contribution in [0, 0.1) is 0 Å². The van der Waals surface area contributed by atoms with E-state index < -0.39 is 0 Å². The van der Waals surface area contributed by atoms with Crippen molar-refractivity contribution in [3.05, 3.63) is 22.8 Å². The number of ether oxygens (including phenoxy) is 1. The molecule has 0 bridgehead atoms. The van der Waals surface area contributed by atoms with Gasteiger partial charge in [-0.25, -0.2) is 4.98 Å². The van der Waals surface area contributed by atoms with Crippen molar-refractivity contribution in [2.45, 2.75) is 13.0 Å². The van der Waals surface area contributed by atoms with E-state index in [0.29, 0.717) is 11.6 Å². The molecule has 0 aromatic carbocycles. The molecular weight excluding hydrogens is 226 g/mol. The summed E-state index contributed by atoms with van der Waals surface area (Å²) in [6.45, 7) is 2.06. The third-order valence-electron chi connectivity index (χ3n) is 2.32. The third-order valence-corrected chi connectivity index (χ3v) is 2.60. The average Bonchev–Trinajstić information content (AvgIpc) is 2.29. The van der Waals surface area contributed by atoms with E-state index in [-0.39, 0.29) is 0 Å². The quantitative estimate of drug-likeness (QED) is 0.773. The molecule has 16 heavy (non-hydrogen) atoms. The standard InChI is InChI=1S/C11H18ClN3O/c1-15(4-3-5-16-2)11-10(12)6-9(7-13)8-14-11/h6,8H,3-5,7,13H2,1-2H3.